The van der Waals surface area contributed by atoms with Crippen LogP contribution in [-0.2, 0) is 0 Å². The Morgan fingerprint density at radius 1 is 1.24 bits per heavy atom. The second-order valence-electron chi connectivity index (χ2n) is 6.30. The van der Waals surface area contributed by atoms with Gasteiger partial charge in [-0.25, -0.2) is 4.79 Å². The molecule has 0 aliphatic heterocycles. The van der Waals surface area contributed by atoms with E-state index in [-0.39, 0.29) is 18.1 Å². The number of hydrogen-bond donors (Lipinski definition) is 2. The maximum atomic E-state index is 12.2. The molecule has 4 heteroatoms. The van der Waals surface area contributed by atoms with Crippen LogP contribution in [0, 0.1) is 19.8 Å². The minimum absolute atomic E-state index is 0.113. The van der Waals surface area contributed by atoms with Gasteiger partial charge in [-0.05, 0) is 49.9 Å². The van der Waals surface area contributed by atoms with Crippen LogP contribution in [0.15, 0.2) is 18.2 Å². The highest BCUT2D eigenvalue weighted by Crippen LogP contribution is 2.25. The highest BCUT2D eigenvalue weighted by atomic mass is 16.3. The number of carbonyl (C=O) groups excluding carboxylic acids is 1. The molecule has 21 heavy (non-hydrogen) atoms. The third kappa shape index (κ3) is 4.46. The van der Waals surface area contributed by atoms with Crippen molar-refractivity contribution in [3.63, 3.8) is 0 Å². The van der Waals surface area contributed by atoms with Gasteiger partial charge >= 0.3 is 6.03 Å². The lowest BCUT2D eigenvalue weighted by molar-refractivity contribution is 0.0575. The van der Waals surface area contributed by atoms with Gasteiger partial charge in [-0.1, -0.05) is 18.9 Å². The van der Waals surface area contributed by atoms with Crippen molar-refractivity contribution in [3.05, 3.63) is 29.3 Å². The standard InChI is InChI=1S/C17H26N2O2/c1-12-8-13(2)10-15(9-12)18-17(21)19(3)11-14-6-4-5-7-16(14)20/h8-10,14,16,20H,4-7,11H2,1-3H3,(H,18,21). The number of urea groups is 1. The number of aliphatic hydroxyl groups is 1. The van der Waals surface area contributed by atoms with Crippen LogP contribution in [0.25, 0.3) is 0 Å². The molecule has 1 aromatic rings. The predicted octanol–water partition coefficient (Wildman–Crippen LogP) is 3.32. The van der Waals surface area contributed by atoms with Crippen molar-refractivity contribution in [3.8, 4) is 0 Å². The normalized spacial score (nSPS) is 21.9. The van der Waals surface area contributed by atoms with E-state index in [0.717, 1.165) is 42.5 Å². The second kappa shape index (κ2) is 6.94. The van der Waals surface area contributed by atoms with Gasteiger partial charge in [0.05, 0.1) is 6.10 Å². The molecule has 1 fully saturated rings. The van der Waals surface area contributed by atoms with Gasteiger partial charge in [-0.3, -0.25) is 0 Å². The van der Waals surface area contributed by atoms with E-state index in [1.165, 1.54) is 0 Å². The van der Waals surface area contributed by atoms with Gasteiger partial charge in [0.25, 0.3) is 0 Å². The van der Waals surface area contributed by atoms with Crippen LogP contribution in [0.1, 0.15) is 36.8 Å². The molecule has 0 bridgehead atoms. The maximum Gasteiger partial charge on any atom is 0.321 e. The molecule has 1 aliphatic carbocycles. The first kappa shape index (κ1) is 15.8. The number of rotatable bonds is 3. The van der Waals surface area contributed by atoms with Crippen molar-refractivity contribution in [2.45, 2.75) is 45.6 Å². The lowest BCUT2D eigenvalue weighted by Crippen LogP contribution is -2.40. The van der Waals surface area contributed by atoms with E-state index in [9.17, 15) is 9.90 Å². The highest BCUT2D eigenvalue weighted by molar-refractivity contribution is 5.89. The summed E-state index contributed by atoms with van der Waals surface area (Å²) in [4.78, 5) is 13.9. The summed E-state index contributed by atoms with van der Waals surface area (Å²) in [6.45, 7) is 4.65. The molecule has 4 nitrogen and oxygen atoms in total. The van der Waals surface area contributed by atoms with Gasteiger partial charge in [0.2, 0.25) is 0 Å². The molecule has 116 valence electrons. The fraction of sp³-hybridized carbons (Fsp3) is 0.588. The Morgan fingerprint density at radius 3 is 2.48 bits per heavy atom. The van der Waals surface area contributed by atoms with Gasteiger partial charge in [0.15, 0.2) is 0 Å². The summed E-state index contributed by atoms with van der Waals surface area (Å²) < 4.78 is 0. The molecule has 2 atom stereocenters. The summed E-state index contributed by atoms with van der Waals surface area (Å²) in [5, 5.41) is 12.9. The van der Waals surface area contributed by atoms with Crippen molar-refractivity contribution in [1.82, 2.24) is 4.90 Å². The first-order chi connectivity index (χ1) is 9.95. The number of aliphatic hydroxyl groups excluding tert-OH is 1. The van der Waals surface area contributed by atoms with Crippen molar-refractivity contribution < 1.29 is 9.90 Å². The Bertz CT molecular complexity index is 481. The number of amides is 2. The third-order valence-corrected chi connectivity index (χ3v) is 4.20. The molecular formula is C17H26N2O2. The number of hydrogen-bond acceptors (Lipinski definition) is 2. The van der Waals surface area contributed by atoms with Crippen molar-refractivity contribution in [2.75, 3.05) is 18.9 Å². The summed E-state index contributed by atoms with van der Waals surface area (Å²) in [6, 6.07) is 5.90. The topological polar surface area (TPSA) is 52.6 Å². The quantitative estimate of drug-likeness (QED) is 0.897. The number of carbonyl (C=O) groups is 1. The van der Waals surface area contributed by atoms with Gasteiger partial charge in [0.1, 0.15) is 0 Å². The number of nitrogens with one attached hydrogen (secondary N) is 1. The molecule has 1 aliphatic rings. The fourth-order valence-corrected chi connectivity index (χ4v) is 3.10. The summed E-state index contributed by atoms with van der Waals surface area (Å²) in [5.74, 6) is 0.203. The van der Waals surface area contributed by atoms with Crippen molar-refractivity contribution >= 4 is 11.7 Å². The minimum Gasteiger partial charge on any atom is -0.393 e. The van der Waals surface area contributed by atoms with Gasteiger partial charge in [-0.2, -0.15) is 0 Å². The molecule has 0 spiro atoms. The van der Waals surface area contributed by atoms with E-state index >= 15 is 0 Å². The average Bonchev–Trinajstić information content (AvgIpc) is 2.40. The lowest BCUT2D eigenvalue weighted by Gasteiger charge is -2.31. The summed E-state index contributed by atoms with van der Waals surface area (Å²) in [6.07, 6.45) is 3.83. The Hall–Kier alpha value is -1.55. The lowest BCUT2D eigenvalue weighted by atomic mass is 9.86. The maximum absolute atomic E-state index is 12.2. The summed E-state index contributed by atoms with van der Waals surface area (Å²) >= 11 is 0. The SMILES string of the molecule is Cc1cc(C)cc(NC(=O)N(C)CC2CCCCC2O)c1. The van der Waals surface area contributed by atoms with Crippen molar-refractivity contribution in [2.24, 2.45) is 5.92 Å². The molecule has 2 amide bonds. The molecule has 2 rings (SSSR count). The van der Waals surface area contributed by atoms with E-state index in [0.29, 0.717) is 6.54 Å². The first-order valence-electron chi connectivity index (χ1n) is 7.74. The predicted molar refractivity (Wildman–Crippen MR) is 85.5 cm³/mol. The number of aryl methyl sites for hydroxylation is 2. The van der Waals surface area contributed by atoms with E-state index in [2.05, 4.69) is 11.4 Å². The van der Waals surface area contributed by atoms with E-state index in [4.69, 9.17) is 0 Å². The number of benzene rings is 1. The van der Waals surface area contributed by atoms with Crippen LogP contribution in [-0.4, -0.2) is 35.7 Å². The molecule has 0 saturated heterocycles. The Balaban J connectivity index is 1.92. The van der Waals surface area contributed by atoms with E-state index in [1.807, 2.05) is 26.0 Å². The van der Waals surface area contributed by atoms with E-state index in [1.54, 1.807) is 11.9 Å². The average molecular weight is 290 g/mol. The van der Waals surface area contributed by atoms with Gasteiger partial charge in [-0.15, -0.1) is 0 Å². The number of anilines is 1. The van der Waals surface area contributed by atoms with Gasteiger partial charge in [0, 0.05) is 25.2 Å². The second-order valence-corrected chi connectivity index (χ2v) is 6.30. The van der Waals surface area contributed by atoms with Crippen LogP contribution >= 0.6 is 0 Å². The Kier molecular flexibility index (Phi) is 5.23. The minimum atomic E-state index is -0.268. The summed E-state index contributed by atoms with van der Waals surface area (Å²) in [5.41, 5.74) is 3.10. The van der Waals surface area contributed by atoms with Crippen LogP contribution in [0.3, 0.4) is 0 Å². The van der Waals surface area contributed by atoms with Crippen molar-refractivity contribution in [1.29, 1.82) is 0 Å². The molecular weight excluding hydrogens is 264 g/mol. The molecule has 0 aromatic heterocycles. The van der Waals surface area contributed by atoms with E-state index < -0.39 is 0 Å². The molecule has 2 unspecified atom stereocenters. The fourth-order valence-electron chi connectivity index (χ4n) is 3.10. The molecule has 1 saturated carbocycles. The molecule has 2 N–H and O–H groups in total. The van der Waals surface area contributed by atoms with Gasteiger partial charge < -0.3 is 15.3 Å². The monoisotopic (exact) mass is 290 g/mol. The summed E-state index contributed by atoms with van der Waals surface area (Å²) in [7, 11) is 1.79. The first-order valence-corrected chi connectivity index (χ1v) is 7.74. The van der Waals surface area contributed by atoms with Crippen LogP contribution in [0.2, 0.25) is 0 Å². The zero-order valence-electron chi connectivity index (χ0n) is 13.2. The molecule has 0 radical (unpaired) electrons. The number of nitrogens with zero attached hydrogens (tertiary/aromatic N) is 1. The van der Waals surface area contributed by atoms with Crippen LogP contribution in [0.5, 0.6) is 0 Å². The highest BCUT2D eigenvalue weighted by Gasteiger charge is 2.25. The Morgan fingerprint density at radius 2 is 1.86 bits per heavy atom. The zero-order valence-corrected chi connectivity index (χ0v) is 13.2. The largest absolute Gasteiger partial charge is 0.393 e. The smallest absolute Gasteiger partial charge is 0.321 e. The van der Waals surface area contributed by atoms with Crippen LogP contribution in [0.4, 0.5) is 10.5 Å². The Labute approximate surface area is 127 Å². The van der Waals surface area contributed by atoms with Crippen LogP contribution < -0.4 is 5.32 Å². The molecule has 0 heterocycles. The zero-order chi connectivity index (χ0) is 15.4. The third-order valence-electron chi connectivity index (χ3n) is 4.20. The molecule has 1 aromatic carbocycles.